The zero-order chi connectivity index (χ0) is 15.5. The number of fused-ring (bicyclic) bond motifs is 1. The number of aromatic amines is 1. The molecule has 0 fully saturated rings. The molecule has 4 nitrogen and oxygen atoms in total. The quantitative estimate of drug-likeness (QED) is 0.693. The predicted octanol–water partition coefficient (Wildman–Crippen LogP) is 2.73. The number of hydrogen-bond donors (Lipinski definition) is 3. The van der Waals surface area contributed by atoms with Crippen molar-refractivity contribution >= 4 is 16.8 Å². The van der Waals surface area contributed by atoms with Gasteiger partial charge in [-0.05, 0) is 35.4 Å². The van der Waals surface area contributed by atoms with E-state index in [2.05, 4.69) is 10.3 Å². The number of aliphatic hydroxyl groups excluding tert-OH is 1. The largest absolute Gasteiger partial charge is 0.392 e. The van der Waals surface area contributed by atoms with Gasteiger partial charge in [-0.1, -0.05) is 24.3 Å². The number of hydrogen-bond acceptors (Lipinski definition) is 2. The number of carbonyl (C=O) groups is 1. The van der Waals surface area contributed by atoms with E-state index < -0.39 is 0 Å². The van der Waals surface area contributed by atoms with E-state index in [1.807, 2.05) is 24.3 Å². The highest BCUT2D eigenvalue weighted by Gasteiger charge is 2.09. The summed E-state index contributed by atoms with van der Waals surface area (Å²) in [5.41, 5.74) is 2.81. The van der Waals surface area contributed by atoms with Crippen molar-refractivity contribution in [3.05, 3.63) is 71.2 Å². The van der Waals surface area contributed by atoms with Gasteiger partial charge in [-0.25, -0.2) is 4.39 Å². The average molecular weight is 298 g/mol. The molecule has 1 heterocycles. The molecule has 2 aromatic carbocycles. The fourth-order valence-electron chi connectivity index (χ4n) is 2.34. The summed E-state index contributed by atoms with van der Waals surface area (Å²) >= 11 is 0. The molecule has 3 aromatic rings. The van der Waals surface area contributed by atoms with Crippen molar-refractivity contribution in [2.45, 2.75) is 13.2 Å². The summed E-state index contributed by atoms with van der Waals surface area (Å²) in [6, 6.07) is 13.3. The Kier molecular flexibility index (Phi) is 3.89. The van der Waals surface area contributed by atoms with Gasteiger partial charge in [0.25, 0.3) is 5.91 Å². The second kappa shape index (κ2) is 5.99. The number of amides is 1. The van der Waals surface area contributed by atoms with Crippen molar-refractivity contribution in [3.63, 3.8) is 0 Å². The molecule has 0 aliphatic heterocycles. The predicted molar refractivity (Wildman–Crippen MR) is 81.8 cm³/mol. The lowest BCUT2D eigenvalue weighted by Crippen LogP contribution is -2.23. The minimum absolute atomic E-state index is 0.0324. The van der Waals surface area contributed by atoms with Crippen LogP contribution in [0.5, 0.6) is 0 Å². The van der Waals surface area contributed by atoms with E-state index in [4.69, 9.17) is 5.11 Å². The van der Waals surface area contributed by atoms with Gasteiger partial charge in [0.05, 0.1) is 6.61 Å². The van der Waals surface area contributed by atoms with Crippen LogP contribution in [-0.2, 0) is 13.2 Å². The molecule has 3 N–H and O–H groups in total. The van der Waals surface area contributed by atoms with Gasteiger partial charge in [-0.3, -0.25) is 4.79 Å². The number of rotatable bonds is 4. The standard InChI is InChI=1S/C17H15FN2O2/c18-14-4-5-15-13(7-14)8-16(20-15)17(22)19-9-11-2-1-3-12(6-11)10-21/h1-8,20-21H,9-10H2,(H,19,22). The van der Waals surface area contributed by atoms with Crippen molar-refractivity contribution < 1.29 is 14.3 Å². The van der Waals surface area contributed by atoms with Gasteiger partial charge >= 0.3 is 0 Å². The minimum Gasteiger partial charge on any atom is -0.392 e. The molecule has 1 amide bonds. The molecule has 3 rings (SSSR count). The highest BCUT2D eigenvalue weighted by Crippen LogP contribution is 2.16. The molecular weight excluding hydrogens is 283 g/mol. The molecule has 0 unspecified atom stereocenters. The number of halogens is 1. The molecule has 0 spiro atoms. The van der Waals surface area contributed by atoms with Crippen LogP contribution in [0.3, 0.4) is 0 Å². The number of nitrogens with one attached hydrogen (secondary N) is 2. The molecule has 0 saturated carbocycles. The Morgan fingerprint density at radius 1 is 1.14 bits per heavy atom. The van der Waals surface area contributed by atoms with Gasteiger partial charge in [0.2, 0.25) is 0 Å². The first-order chi connectivity index (χ1) is 10.7. The summed E-state index contributed by atoms with van der Waals surface area (Å²) in [5, 5.41) is 12.6. The Morgan fingerprint density at radius 3 is 2.77 bits per heavy atom. The Morgan fingerprint density at radius 2 is 1.95 bits per heavy atom. The number of benzene rings is 2. The Labute approximate surface area is 126 Å². The number of aliphatic hydroxyl groups is 1. The SMILES string of the molecule is O=C(NCc1cccc(CO)c1)c1cc2cc(F)ccc2[nH]1. The fourth-order valence-corrected chi connectivity index (χ4v) is 2.34. The minimum atomic E-state index is -0.334. The van der Waals surface area contributed by atoms with E-state index in [0.717, 1.165) is 11.1 Å². The zero-order valence-electron chi connectivity index (χ0n) is 11.8. The van der Waals surface area contributed by atoms with Crippen LogP contribution in [0.4, 0.5) is 4.39 Å². The van der Waals surface area contributed by atoms with Crippen molar-refractivity contribution in [2.75, 3.05) is 0 Å². The molecular formula is C17H15FN2O2. The van der Waals surface area contributed by atoms with Gasteiger partial charge in [0, 0.05) is 17.4 Å². The summed E-state index contributed by atoms with van der Waals surface area (Å²) in [4.78, 5) is 15.1. The molecule has 0 aliphatic rings. The molecule has 0 saturated heterocycles. The molecule has 0 aliphatic carbocycles. The van der Waals surface area contributed by atoms with E-state index in [1.54, 1.807) is 12.1 Å². The average Bonchev–Trinajstić information content (AvgIpc) is 2.96. The maximum Gasteiger partial charge on any atom is 0.267 e. The van der Waals surface area contributed by atoms with Crippen LogP contribution in [0.2, 0.25) is 0 Å². The van der Waals surface area contributed by atoms with Gasteiger partial charge in [0.15, 0.2) is 0 Å². The second-order valence-corrected chi connectivity index (χ2v) is 5.08. The van der Waals surface area contributed by atoms with E-state index in [9.17, 15) is 9.18 Å². The van der Waals surface area contributed by atoms with Gasteiger partial charge in [0.1, 0.15) is 11.5 Å². The summed E-state index contributed by atoms with van der Waals surface area (Å²) in [6.07, 6.45) is 0. The smallest absolute Gasteiger partial charge is 0.267 e. The third-order valence-corrected chi connectivity index (χ3v) is 3.45. The van der Waals surface area contributed by atoms with Crippen LogP contribution >= 0.6 is 0 Å². The van der Waals surface area contributed by atoms with Gasteiger partial charge < -0.3 is 15.4 Å². The van der Waals surface area contributed by atoms with Crippen LogP contribution < -0.4 is 5.32 Å². The lowest BCUT2D eigenvalue weighted by Gasteiger charge is -2.05. The first-order valence-corrected chi connectivity index (χ1v) is 6.91. The first-order valence-electron chi connectivity index (χ1n) is 6.91. The summed E-state index contributed by atoms with van der Waals surface area (Å²) < 4.78 is 13.2. The van der Waals surface area contributed by atoms with Crippen LogP contribution in [0.25, 0.3) is 10.9 Å². The monoisotopic (exact) mass is 298 g/mol. The van der Waals surface area contributed by atoms with Crippen molar-refractivity contribution in [3.8, 4) is 0 Å². The van der Waals surface area contributed by atoms with Crippen LogP contribution in [0.1, 0.15) is 21.6 Å². The topological polar surface area (TPSA) is 65.1 Å². The summed E-state index contributed by atoms with van der Waals surface area (Å²) in [6.45, 7) is 0.325. The summed E-state index contributed by atoms with van der Waals surface area (Å²) in [5.74, 6) is -0.592. The Balaban J connectivity index is 1.72. The lowest BCUT2D eigenvalue weighted by molar-refractivity contribution is 0.0946. The number of aromatic nitrogens is 1. The molecule has 5 heteroatoms. The lowest BCUT2D eigenvalue weighted by atomic mass is 10.1. The van der Waals surface area contributed by atoms with Gasteiger partial charge in [-0.15, -0.1) is 0 Å². The summed E-state index contributed by atoms with van der Waals surface area (Å²) in [7, 11) is 0. The fraction of sp³-hybridized carbons (Fsp3) is 0.118. The third kappa shape index (κ3) is 2.99. The Hall–Kier alpha value is -2.66. The molecule has 22 heavy (non-hydrogen) atoms. The molecule has 112 valence electrons. The first kappa shape index (κ1) is 14.3. The number of carbonyl (C=O) groups excluding carboxylic acids is 1. The van der Waals surface area contributed by atoms with E-state index >= 15 is 0 Å². The molecule has 0 atom stereocenters. The van der Waals surface area contributed by atoms with Crippen LogP contribution in [0.15, 0.2) is 48.5 Å². The normalized spacial score (nSPS) is 10.8. The van der Waals surface area contributed by atoms with E-state index in [1.165, 1.54) is 12.1 Å². The van der Waals surface area contributed by atoms with Crippen molar-refractivity contribution in [2.24, 2.45) is 0 Å². The van der Waals surface area contributed by atoms with Crippen molar-refractivity contribution in [1.29, 1.82) is 0 Å². The van der Waals surface area contributed by atoms with Crippen LogP contribution in [0, 0.1) is 5.82 Å². The second-order valence-electron chi connectivity index (χ2n) is 5.08. The van der Waals surface area contributed by atoms with E-state index in [-0.39, 0.29) is 18.3 Å². The van der Waals surface area contributed by atoms with Gasteiger partial charge in [-0.2, -0.15) is 0 Å². The molecule has 0 bridgehead atoms. The van der Waals surface area contributed by atoms with E-state index in [0.29, 0.717) is 23.1 Å². The van der Waals surface area contributed by atoms with Crippen LogP contribution in [-0.4, -0.2) is 16.0 Å². The highest BCUT2D eigenvalue weighted by molar-refractivity contribution is 5.97. The highest BCUT2D eigenvalue weighted by atomic mass is 19.1. The zero-order valence-corrected chi connectivity index (χ0v) is 11.8. The third-order valence-electron chi connectivity index (χ3n) is 3.45. The molecule has 0 radical (unpaired) electrons. The Bertz CT molecular complexity index is 826. The number of H-pyrrole nitrogens is 1. The molecule has 1 aromatic heterocycles. The maximum absolute atomic E-state index is 13.2. The van der Waals surface area contributed by atoms with Crippen molar-refractivity contribution in [1.82, 2.24) is 10.3 Å². The maximum atomic E-state index is 13.2.